The quantitative estimate of drug-likeness (QED) is 0.500. The maximum atomic E-state index is 9.10. The number of allylic oxidation sites excluding steroid dienone is 5. The summed E-state index contributed by atoms with van der Waals surface area (Å²) in [6.07, 6.45) is 7.30. The van der Waals surface area contributed by atoms with Crippen LogP contribution in [0, 0.1) is 0 Å². The number of aliphatic hydroxyl groups is 1. The van der Waals surface area contributed by atoms with E-state index in [0.29, 0.717) is 6.61 Å². The zero-order valence-electron chi connectivity index (χ0n) is 9.41. The first-order valence-electron chi connectivity index (χ1n) is 5.02. The minimum absolute atomic E-state index is 0. The second kappa shape index (κ2) is 9.23. The molecule has 2 nitrogen and oxygen atoms in total. The van der Waals surface area contributed by atoms with Gasteiger partial charge in [-0.15, -0.1) is 15.9 Å². The Balaban J connectivity index is 0.000000316. The zero-order valence-corrected chi connectivity index (χ0v) is 12.1. The molecule has 1 N–H and O–H groups in total. The Morgan fingerprint density at radius 3 is 2.18 bits per heavy atom. The van der Waals surface area contributed by atoms with Crippen molar-refractivity contribution in [1.29, 1.82) is 0 Å². The van der Waals surface area contributed by atoms with Crippen molar-refractivity contribution in [2.24, 2.45) is 0 Å². The van der Waals surface area contributed by atoms with Crippen molar-refractivity contribution in [3.05, 3.63) is 64.6 Å². The van der Waals surface area contributed by atoms with Crippen molar-refractivity contribution in [3.63, 3.8) is 0 Å². The van der Waals surface area contributed by atoms with Crippen LogP contribution in [-0.2, 0) is 21.8 Å². The van der Waals surface area contributed by atoms with E-state index < -0.39 is 0 Å². The SMILES string of the molecule is Br[c-]1cccc1.CCOC(O)=C1C=CC=C1.[Fe]. The zero-order chi connectivity index (χ0) is 11.8. The standard InChI is InChI=1S/C8H10O2.C5H4Br.Fe/c1-2-10-8(9)7-5-3-4-6-7;6-5-3-1-2-4-5;/h3-6,9H,2H2,1H3;1-4H;/q;-1;. The average molecular weight is 338 g/mol. The molecule has 17 heavy (non-hydrogen) atoms. The van der Waals surface area contributed by atoms with Gasteiger partial charge in [0.05, 0.1) is 12.2 Å². The van der Waals surface area contributed by atoms with Crippen LogP contribution in [0.1, 0.15) is 6.92 Å². The van der Waals surface area contributed by atoms with E-state index in [0.717, 1.165) is 10.0 Å². The van der Waals surface area contributed by atoms with Gasteiger partial charge >= 0.3 is 0 Å². The molecule has 0 aliphatic heterocycles. The van der Waals surface area contributed by atoms with E-state index >= 15 is 0 Å². The van der Waals surface area contributed by atoms with E-state index in [-0.39, 0.29) is 23.0 Å². The maximum Gasteiger partial charge on any atom is 0.284 e. The van der Waals surface area contributed by atoms with Crippen molar-refractivity contribution < 1.29 is 26.9 Å². The summed E-state index contributed by atoms with van der Waals surface area (Å²) in [6.45, 7) is 2.33. The largest absolute Gasteiger partial charge is 0.481 e. The molecule has 0 radical (unpaired) electrons. The van der Waals surface area contributed by atoms with E-state index in [2.05, 4.69) is 15.9 Å². The van der Waals surface area contributed by atoms with E-state index in [4.69, 9.17) is 9.84 Å². The molecule has 0 aromatic heterocycles. The molecule has 0 amide bonds. The minimum atomic E-state index is 0. The third kappa shape index (κ3) is 6.47. The van der Waals surface area contributed by atoms with Gasteiger partial charge in [0.25, 0.3) is 5.95 Å². The smallest absolute Gasteiger partial charge is 0.284 e. The normalized spacial score (nSPS) is 11.5. The van der Waals surface area contributed by atoms with Gasteiger partial charge in [0, 0.05) is 17.1 Å². The first-order chi connectivity index (χ1) is 7.74. The summed E-state index contributed by atoms with van der Waals surface area (Å²) in [5, 5.41) is 9.10. The summed E-state index contributed by atoms with van der Waals surface area (Å²) >= 11 is 3.28. The molecule has 1 aromatic rings. The van der Waals surface area contributed by atoms with E-state index in [9.17, 15) is 0 Å². The van der Waals surface area contributed by atoms with Crippen LogP contribution >= 0.6 is 15.9 Å². The van der Waals surface area contributed by atoms with Crippen molar-refractivity contribution in [2.75, 3.05) is 6.61 Å². The summed E-state index contributed by atoms with van der Waals surface area (Å²) < 4.78 is 6.01. The van der Waals surface area contributed by atoms with Crippen molar-refractivity contribution in [3.8, 4) is 0 Å². The van der Waals surface area contributed by atoms with Gasteiger partial charge in [-0.3, -0.25) is 0 Å². The van der Waals surface area contributed by atoms with Crippen LogP contribution < -0.4 is 0 Å². The fourth-order valence-corrected chi connectivity index (χ4v) is 1.39. The molecular weight excluding hydrogens is 324 g/mol. The predicted octanol–water partition coefficient (Wildman–Crippen LogP) is 4.08. The maximum absolute atomic E-state index is 9.10. The van der Waals surface area contributed by atoms with Crippen LogP contribution in [0.5, 0.6) is 0 Å². The first-order valence-corrected chi connectivity index (χ1v) is 5.81. The van der Waals surface area contributed by atoms with Crippen LogP contribution in [0.4, 0.5) is 0 Å². The van der Waals surface area contributed by atoms with E-state index in [1.807, 2.05) is 43.3 Å². The third-order valence-corrected chi connectivity index (χ3v) is 2.34. The molecule has 0 saturated heterocycles. The molecule has 0 unspecified atom stereocenters. The van der Waals surface area contributed by atoms with Crippen molar-refractivity contribution in [1.82, 2.24) is 0 Å². The molecule has 0 saturated carbocycles. The van der Waals surface area contributed by atoms with Crippen LogP contribution in [-0.4, -0.2) is 11.7 Å². The second-order valence-corrected chi connectivity index (χ2v) is 3.93. The Bertz CT molecular complexity index is 378. The van der Waals surface area contributed by atoms with Crippen LogP contribution in [0.25, 0.3) is 0 Å². The number of hydrogen-bond acceptors (Lipinski definition) is 2. The average Bonchev–Trinajstić information content (AvgIpc) is 2.90. The van der Waals surface area contributed by atoms with Gasteiger partial charge in [0.2, 0.25) is 0 Å². The molecule has 1 aromatic carbocycles. The number of aliphatic hydroxyl groups excluding tert-OH is 1. The number of halogens is 1. The molecule has 0 atom stereocenters. The van der Waals surface area contributed by atoms with Crippen molar-refractivity contribution >= 4 is 15.9 Å². The molecule has 2 rings (SSSR count). The van der Waals surface area contributed by atoms with Crippen LogP contribution in [0.2, 0.25) is 0 Å². The van der Waals surface area contributed by atoms with E-state index in [1.54, 1.807) is 12.2 Å². The third-order valence-electron chi connectivity index (χ3n) is 1.81. The van der Waals surface area contributed by atoms with Gasteiger partial charge < -0.3 is 9.84 Å². The number of hydrogen-bond donors (Lipinski definition) is 1. The van der Waals surface area contributed by atoms with Gasteiger partial charge in [-0.2, -0.15) is 12.1 Å². The van der Waals surface area contributed by atoms with Gasteiger partial charge in [-0.05, 0) is 19.1 Å². The fraction of sp³-hybridized carbons (Fsp3) is 0.154. The van der Waals surface area contributed by atoms with Gasteiger partial charge in [-0.25, -0.2) is 12.1 Å². The molecule has 0 fully saturated rings. The van der Waals surface area contributed by atoms with Crippen molar-refractivity contribution in [2.45, 2.75) is 6.92 Å². The molecule has 4 heteroatoms. The Hall–Kier alpha value is -0.831. The topological polar surface area (TPSA) is 29.5 Å². The molecule has 0 spiro atoms. The molecular formula is C13H14BrFeO2-. The number of ether oxygens (including phenoxy) is 1. The Labute approximate surface area is 121 Å². The van der Waals surface area contributed by atoms with Crippen LogP contribution in [0.3, 0.4) is 0 Å². The summed E-state index contributed by atoms with van der Waals surface area (Å²) in [6, 6.07) is 7.98. The summed E-state index contributed by atoms with van der Waals surface area (Å²) in [4.78, 5) is 0. The molecule has 1 aliphatic rings. The predicted molar refractivity (Wildman–Crippen MR) is 69.3 cm³/mol. The van der Waals surface area contributed by atoms with E-state index in [1.165, 1.54) is 0 Å². The summed E-state index contributed by atoms with van der Waals surface area (Å²) in [5.41, 5.74) is 0.738. The van der Waals surface area contributed by atoms with Gasteiger partial charge in [0.15, 0.2) is 0 Å². The molecule has 0 heterocycles. The Morgan fingerprint density at radius 1 is 1.29 bits per heavy atom. The van der Waals surface area contributed by atoms with Gasteiger partial charge in [-0.1, -0.05) is 16.6 Å². The summed E-state index contributed by atoms with van der Waals surface area (Å²) in [7, 11) is 0. The fourth-order valence-electron chi connectivity index (χ4n) is 1.09. The minimum Gasteiger partial charge on any atom is -0.481 e. The number of rotatable bonds is 2. The molecule has 1 aliphatic carbocycles. The molecule has 94 valence electrons. The second-order valence-electron chi connectivity index (χ2n) is 3.01. The Kier molecular flexibility index (Phi) is 8.77. The Morgan fingerprint density at radius 2 is 1.82 bits per heavy atom. The monoisotopic (exact) mass is 337 g/mol. The molecule has 0 bridgehead atoms. The van der Waals surface area contributed by atoms with Gasteiger partial charge in [0.1, 0.15) is 0 Å². The first kappa shape index (κ1) is 16.2. The van der Waals surface area contributed by atoms with Crippen LogP contribution in [0.15, 0.2) is 64.6 Å². The summed E-state index contributed by atoms with van der Waals surface area (Å²) in [5.74, 6) is 0.00694.